The van der Waals surface area contributed by atoms with E-state index in [9.17, 15) is 9.59 Å². The molecule has 0 aliphatic carbocycles. The molecule has 1 fully saturated rings. The molecule has 2 aromatic carbocycles. The maximum absolute atomic E-state index is 12.8. The zero-order chi connectivity index (χ0) is 19.9. The van der Waals surface area contributed by atoms with Crippen molar-refractivity contribution in [2.45, 2.75) is 45.3 Å². The first kappa shape index (κ1) is 18.7. The number of fused-ring (bicyclic) bond motifs is 3. The van der Waals surface area contributed by atoms with Crippen LogP contribution in [0.4, 0.5) is 9.93 Å². The molecule has 0 bridgehead atoms. The van der Waals surface area contributed by atoms with Crippen LogP contribution in [0.1, 0.15) is 33.6 Å². The lowest BCUT2D eigenvalue weighted by Crippen LogP contribution is -2.45. The Morgan fingerprint density at radius 2 is 2.00 bits per heavy atom. The Morgan fingerprint density at radius 1 is 1.21 bits per heavy atom. The van der Waals surface area contributed by atoms with Gasteiger partial charge in [0.1, 0.15) is 11.6 Å². The number of hydrogen-bond donors (Lipinski definition) is 1. The first-order chi connectivity index (χ1) is 13.3. The van der Waals surface area contributed by atoms with Crippen molar-refractivity contribution >= 4 is 49.5 Å². The predicted molar refractivity (Wildman–Crippen MR) is 112 cm³/mol. The Balaban J connectivity index is 1.54. The largest absolute Gasteiger partial charge is 0.444 e. The minimum Gasteiger partial charge on any atom is -0.444 e. The van der Waals surface area contributed by atoms with E-state index in [0.717, 1.165) is 27.4 Å². The number of ether oxygens (including phenoxy) is 1. The van der Waals surface area contributed by atoms with E-state index in [-0.39, 0.29) is 5.91 Å². The number of nitrogens with zero attached hydrogens (tertiary/aromatic N) is 2. The Bertz CT molecular complexity index is 1050. The summed E-state index contributed by atoms with van der Waals surface area (Å²) >= 11 is 1.46. The molecule has 1 saturated heterocycles. The van der Waals surface area contributed by atoms with Gasteiger partial charge in [0.15, 0.2) is 5.13 Å². The molecular weight excluding hydrogens is 374 g/mol. The molecule has 6 nitrogen and oxygen atoms in total. The summed E-state index contributed by atoms with van der Waals surface area (Å²) < 4.78 is 6.49. The van der Waals surface area contributed by atoms with Crippen LogP contribution in [0.15, 0.2) is 36.4 Å². The van der Waals surface area contributed by atoms with Gasteiger partial charge in [0.05, 0.1) is 10.2 Å². The van der Waals surface area contributed by atoms with Crippen LogP contribution in [-0.2, 0) is 9.53 Å². The van der Waals surface area contributed by atoms with E-state index in [4.69, 9.17) is 4.74 Å². The minimum atomic E-state index is -0.589. The fourth-order valence-corrected chi connectivity index (χ4v) is 4.48. The summed E-state index contributed by atoms with van der Waals surface area (Å²) in [5, 5.41) is 5.71. The number of anilines is 1. The molecule has 28 heavy (non-hydrogen) atoms. The lowest BCUT2D eigenvalue weighted by atomic mass is 10.1. The molecule has 7 heteroatoms. The summed E-state index contributed by atoms with van der Waals surface area (Å²) in [5.74, 6) is -0.216. The molecule has 1 aliphatic heterocycles. The SMILES string of the molecule is CC(C)(C)OC(=O)N1CCC[C@@H]1C(=O)Nc1nc2ccc3ccccc3c2s1. The van der Waals surface area contributed by atoms with Gasteiger partial charge in [0, 0.05) is 11.9 Å². The number of aromatic nitrogens is 1. The normalized spacial score (nSPS) is 17.2. The molecule has 0 radical (unpaired) electrons. The quantitative estimate of drug-likeness (QED) is 0.675. The van der Waals surface area contributed by atoms with Crippen molar-refractivity contribution in [1.29, 1.82) is 0 Å². The highest BCUT2D eigenvalue weighted by Crippen LogP contribution is 2.33. The number of hydrogen-bond acceptors (Lipinski definition) is 5. The van der Waals surface area contributed by atoms with Gasteiger partial charge in [-0.25, -0.2) is 9.78 Å². The number of amides is 2. The van der Waals surface area contributed by atoms with Crippen molar-refractivity contribution in [1.82, 2.24) is 9.88 Å². The van der Waals surface area contributed by atoms with Gasteiger partial charge >= 0.3 is 6.09 Å². The Morgan fingerprint density at radius 3 is 2.79 bits per heavy atom. The van der Waals surface area contributed by atoms with E-state index in [2.05, 4.69) is 22.4 Å². The summed E-state index contributed by atoms with van der Waals surface area (Å²) in [4.78, 5) is 31.3. The fourth-order valence-electron chi connectivity index (χ4n) is 3.48. The van der Waals surface area contributed by atoms with Crippen LogP contribution in [0.2, 0.25) is 0 Å². The average molecular weight is 398 g/mol. The molecule has 1 N–H and O–H groups in total. The summed E-state index contributed by atoms with van der Waals surface area (Å²) in [6.07, 6.45) is 0.959. The number of rotatable bonds is 2. The highest BCUT2D eigenvalue weighted by atomic mass is 32.1. The monoisotopic (exact) mass is 397 g/mol. The van der Waals surface area contributed by atoms with Crippen LogP contribution in [0.5, 0.6) is 0 Å². The third kappa shape index (κ3) is 3.67. The van der Waals surface area contributed by atoms with Crippen molar-refractivity contribution in [2.24, 2.45) is 0 Å². The third-order valence-electron chi connectivity index (χ3n) is 4.69. The maximum Gasteiger partial charge on any atom is 0.410 e. The molecule has 2 amide bonds. The van der Waals surface area contributed by atoms with Gasteiger partial charge in [-0.3, -0.25) is 9.69 Å². The zero-order valence-corrected chi connectivity index (χ0v) is 17.0. The van der Waals surface area contributed by atoms with Gasteiger partial charge in [-0.05, 0) is 45.1 Å². The molecule has 1 aliphatic rings. The van der Waals surface area contributed by atoms with E-state index in [1.165, 1.54) is 16.2 Å². The van der Waals surface area contributed by atoms with Crippen molar-refractivity contribution in [3.8, 4) is 0 Å². The fraction of sp³-hybridized carbons (Fsp3) is 0.381. The third-order valence-corrected chi connectivity index (χ3v) is 5.71. The molecule has 0 unspecified atom stereocenters. The predicted octanol–water partition coefficient (Wildman–Crippen LogP) is 4.79. The number of thiazole rings is 1. The van der Waals surface area contributed by atoms with E-state index >= 15 is 0 Å². The first-order valence-electron chi connectivity index (χ1n) is 9.40. The number of carbonyl (C=O) groups is 2. The highest BCUT2D eigenvalue weighted by molar-refractivity contribution is 7.23. The van der Waals surface area contributed by atoms with E-state index in [1.807, 2.05) is 45.0 Å². The number of carbonyl (C=O) groups excluding carboxylic acids is 2. The highest BCUT2D eigenvalue weighted by Gasteiger charge is 2.36. The van der Waals surface area contributed by atoms with Gasteiger partial charge in [-0.1, -0.05) is 41.7 Å². The zero-order valence-electron chi connectivity index (χ0n) is 16.2. The second-order valence-corrected chi connectivity index (χ2v) is 8.97. The standard InChI is InChI=1S/C21H23N3O3S/c1-21(2,3)27-20(26)24-12-6-9-16(24)18(25)23-19-22-15-11-10-13-7-4-5-8-14(13)17(15)28-19/h4-5,7-8,10-11,16H,6,9,12H2,1-3H3,(H,22,23,25)/t16-/m1/s1. The second kappa shape index (κ2) is 7.05. The average Bonchev–Trinajstić information content (AvgIpc) is 3.27. The molecular formula is C21H23N3O3S. The topological polar surface area (TPSA) is 71.5 Å². The number of benzene rings is 2. The van der Waals surface area contributed by atoms with Gasteiger partial charge in [0.2, 0.25) is 5.91 Å². The van der Waals surface area contributed by atoms with Gasteiger partial charge in [-0.15, -0.1) is 0 Å². The molecule has 1 aromatic heterocycles. The Kier molecular flexibility index (Phi) is 4.71. The summed E-state index contributed by atoms with van der Waals surface area (Å²) in [6.45, 7) is 5.99. The molecule has 2 heterocycles. The summed E-state index contributed by atoms with van der Waals surface area (Å²) in [7, 11) is 0. The molecule has 3 aromatic rings. The lowest BCUT2D eigenvalue weighted by molar-refractivity contribution is -0.120. The molecule has 0 spiro atoms. The van der Waals surface area contributed by atoms with Gasteiger partial charge in [-0.2, -0.15) is 0 Å². The van der Waals surface area contributed by atoms with Crippen LogP contribution in [-0.4, -0.2) is 40.1 Å². The first-order valence-corrected chi connectivity index (χ1v) is 10.2. The van der Waals surface area contributed by atoms with Crippen LogP contribution in [0, 0.1) is 0 Å². The van der Waals surface area contributed by atoms with E-state index in [1.54, 1.807) is 0 Å². The van der Waals surface area contributed by atoms with E-state index < -0.39 is 17.7 Å². The number of likely N-dealkylation sites (tertiary alicyclic amines) is 1. The van der Waals surface area contributed by atoms with Gasteiger partial charge in [0.25, 0.3) is 0 Å². The number of nitrogens with one attached hydrogen (secondary N) is 1. The molecule has 146 valence electrons. The van der Waals surface area contributed by atoms with E-state index in [0.29, 0.717) is 18.1 Å². The minimum absolute atomic E-state index is 0.216. The smallest absolute Gasteiger partial charge is 0.410 e. The van der Waals surface area contributed by atoms with Crippen LogP contribution in [0.3, 0.4) is 0 Å². The van der Waals surface area contributed by atoms with Crippen molar-refractivity contribution in [3.63, 3.8) is 0 Å². The summed E-state index contributed by atoms with van der Waals surface area (Å²) in [6, 6.07) is 11.6. The molecule has 0 saturated carbocycles. The van der Waals surface area contributed by atoms with Crippen molar-refractivity contribution in [2.75, 3.05) is 11.9 Å². The Labute approximate surface area is 167 Å². The van der Waals surface area contributed by atoms with Crippen LogP contribution < -0.4 is 5.32 Å². The Hall–Kier alpha value is -2.67. The maximum atomic E-state index is 12.8. The lowest BCUT2D eigenvalue weighted by Gasteiger charge is -2.27. The van der Waals surface area contributed by atoms with Crippen molar-refractivity contribution in [3.05, 3.63) is 36.4 Å². The second-order valence-electron chi connectivity index (χ2n) is 7.97. The van der Waals surface area contributed by atoms with Gasteiger partial charge < -0.3 is 10.1 Å². The summed E-state index contributed by atoms with van der Waals surface area (Å²) in [5.41, 5.74) is 0.267. The molecule has 1 atom stereocenters. The van der Waals surface area contributed by atoms with Crippen LogP contribution in [0.25, 0.3) is 21.0 Å². The molecule has 4 rings (SSSR count). The van der Waals surface area contributed by atoms with Crippen LogP contribution >= 0.6 is 11.3 Å². The van der Waals surface area contributed by atoms with Crippen molar-refractivity contribution < 1.29 is 14.3 Å².